The van der Waals surface area contributed by atoms with E-state index in [1.165, 1.54) is 5.56 Å². The molecule has 0 N–H and O–H groups in total. The highest BCUT2D eigenvalue weighted by Crippen LogP contribution is 2.34. The molecule has 0 fully saturated rings. The number of allylic oxidation sites excluding steroid dienone is 2. The van der Waals surface area contributed by atoms with Crippen molar-refractivity contribution in [3.63, 3.8) is 0 Å². The SMILES string of the molecule is CC1=C(C)C(=O)C2=C(CC(C)N(C=O)C(C)C2)C1=O.COCc1ccccc1. The van der Waals surface area contributed by atoms with Crippen molar-refractivity contribution in [1.82, 2.24) is 4.90 Å². The highest BCUT2D eigenvalue weighted by Gasteiger charge is 2.36. The molecule has 28 heavy (non-hydrogen) atoms. The molecule has 5 nitrogen and oxygen atoms in total. The number of hydrogen-bond acceptors (Lipinski definition) is 4. The Morgan fingerprint density at radius 3 is 1.82 bits per heavy atom. The number of nitrogens with zero attached hydrogens (tertiary/aromatic N) is 1. The molecule has 0 saturated carbocycles. The molecular weight excluding hydrogens is 354 g/mol. The van der Waals surface area contributed by atoms with E-state index < -0.39 is 0 Å². The van der Waals surface area contributed by atoms with Crippen LogP contribution in [0.4, 0.5) is 0 Å². The summed E-state index contributed by atoms with van der Waals surface area (Å²) in [7, 11) is 1.70. The van der Waals surface area contributed by atoms with Gasteiger partial charge in [-0.25, -0.2) is 0 Å². The quantitative estimate of drug-likeness (QED) is 0.591. The Morgan fingerprint density at radius 1 is 0.964 bits per heavy atom. The van der Waals surface area contributed by atoms with Crippen LogP contribution in [0.1, 0.15) is 46.1 Å². The number of rotatable bonds is 3. The molecule has 2 atom stereocenters. The van der Waals surface area contributed by atoms with Crippen LogP contribution in [0.2, 0.25) is 0 Å². The van der Waals surface area contributed by atoms with E-state index in [9.17, 15) is 14.4 Å². The van der Waals surface area contributed by atoms with Crippen LogP contribution in [0.25, 0.3) is 0 Å². The second kappa shape index (κ2) is 9.60. The summed E-state index contributed by atoms with van der Waals surface area (Å²) < 4.78 is 4.93. The Balaban J connectivity index is 0.000000261. The van der Waals surface area contributed by atoms with E-state index in [4.69, 9.17) is 4.74 Å². The lowest BCUT2D eigenvalue weighted by molar-refractivity contribution is -0.122. The molecule has 2 aliphatic rings. The fourth-order valence-corrected chi connectivity index (χ4v) is 3.68. The first kappa shape index (κ1) is 21.8. The molecule has 1 aliphatic heterocycles. The number of methoxy groups -OCH3 is 1. The molecule has 0 aromatic heterocycles. The Morgan fingerprint density at radius 2 is 1.43 bits per heavy atom. The smallest absolute Gasteiger partial charge is 0.210 e. The van der Waals surface area contributed by atoms with E-state index in [-0.39, 0.29) is 23.7 Å². The number of hydrogen-bond donors (Lipinski definition) is 0. The van der Waals surface area contributed by atoms with Crippen molar-refractivity contribution < 1.29 is 19.1 Å². The van der Waals surface area contributed by atoms with Crippen molar-refractivity contribution in [3.8, 4) is 0 Å². The summed E-state index contributed by atoms with van der Waals surface area (Å²) in [6.45, 7) is 7.95. The van der Waals surface area contributed by atoms with Gasteiger partial charge in [0.05, 0.1) is 6.61 Å². The first-order valence-corrected chi connectivity index (χ1v) is 9.56. The number of benzene rings is 1. The minimum atomic E-state index is -0.0528. The third-order valence-corrected chi connectivity index (χ3v) is 5.45. The van der Waals surface area contributed by atoms with Crippen LogP contribution in [-0.2, 0) is 25.7 Å². The van der Waals surface area contributed by atoms with Gasteiger partial charge in [-0.15, -0.1) is 0 Å². The van der Waals surface area contributed by atoms with Crippen molar-refractivity contribution in [2.24, 2.45) is 0 Å². The topological polar surface area (TPSA) is 63.7 Å². The number of ketones is 2. The molecule has 5 heteroatoms. The maximum atomic E-state index is 12.3. The van der Waals surface area contributed by atoms with E-state index >= 15 is 0 Å². The Labute approximate surface area is 167 Å². The van der Waals surface area contributed by atoms with Crippen molar-refractivity contribution in [3.05, 3.63) is 58.2 Å². The van der Waals surface area contributed by atoms with Gasteiger partial charge in [-0.1, -0.05) is 30.3 Å². The van der Waals surface area contributed by atoms with Crippen LogP contribution in [0.3, 0.4) is 0 Å². The van der Waals surface area contributed by atoms with Crippen molar-refractivity contribution in [1.29, 1.82) is 0 Å². The molecule has 1 aromatic rings. The Hall–Kier alpha value is -2.53. The average molecular weight is 383 g/mol. The van der Waals surface area contributed by atoms with Gasteiger partial charge in [0, 0.05) is 41.5 Å². The summed E-state index contributed by atoms with van der Waals surface area (Å²) >= 11 is 0. The normalized spacial score (nSPS) is 22.4. The molecule has 1 aliphatic carbocycles. The molecule has 0 radical (unpaired) electrons. The van der Waals surface area contributed by atoms with Gasteiger partial charge in [-0.3, -0.25) is 14.4 Å². The fraction of sp³-hybridized carbons (Fsp3) is 0.435. The van der Waals surface area contributed by atoms with Gasteiger partial charge >= 0.3 is 0 Å². The van der Waals surface area contributed by atoms with Crippen LogP contribution < -0.4 is 0 Å². The zero-order valence-corrected chi connectivity index (χ0v) is 17.3. The summed E-state index contributed by atoms with van der Waals surface area (Å²) in [4.78, 5) is 37.5. The van der Waals surface area contributed by atoms with Gasteiger partial charge in [-0.2, -0.15) is 0 Å². The summed E-state index contributed by atoms with van der Waals surface area (Å²) in [6, 6.07) is 10.0. The summed E-state index contributed by atoms with van der Waals surface area (Å²) in [5, 5.41) is 0. The van der Waals surface area contributed by atoms with Crippen LogP contribution in [-0.4, -0.2) is 42.1 Å². The third-order valence-electron chi connectivity index (χ3n) is 5.45. The minimum Gasteiger partial charge on any atom is -0.380 e. The van der Waals surface area contributed by atoms with Crippen molar-refractivity contribution in [2.75, 3.05) is 7.11 Å². The second-order valence-electron chi connectivity index (χ2n) is 7.44. The largest absolute Gasteiger partial charge is 0.380 e. The Kier molecular flexibility index (Phi) is 7.46. The molecule has 3 rings (SSSR count). The van der Waals surface area contributed by atoms with Crippen LogP contribution >= 0.6 is 0 Å². The predicted octanol–water partition coefficient (Wildman–Crippen LogP) is 3.63. The lowest BCUT2D eigenvalue weighted by atomic mass is 9.82. The summed E-state index contributed by atoms with van der Waals surface area (Å²) in [5.74, 6) is -0.0576. The van der Waals surface area contributed by atoms with Crippen molar-refractivity contribution >= 4 is 18.0 Å². The van der Waals surface area contributed by atoms with Gasteiger partial charge in [0.15, 0.2) is 11.6 Å². The monoisotopic (exact) mass is 383 g/mol. The van der Waals surface area contributed by atoms with Crippen LogP contribution in [0, 0.1) is 0 Å². The molecule has 0 bridgehead atoms. The summed E-state index contributed by atoms with van der Waals surface area (Å²) in [6.07, 6.45) is 1.75. The molecule has 1 heterocycles. The summed E-state index contributed by atoms with van der Waals surface area (Å²) in [5.41, 5.74) is 3.53. The van der Waals surface area contributed by atoms with E-state index in [0.29, 0.717) is 41.7 Å². The molecule has 0 saturated heterocycles. The first-order chi connectivity index (χ1) is 13.3. The fourth-order valence-electron chi connectivity index (χ4n) is 3.68. The average Bonchev–Trinajstić information content (AvgIpc) is 2.82. The molecule has 150 valence electrons. The molecule has 1 aromatic carbocycles. The lowest BCUT2D eigenvalue weighted by Gasteiger charge is -2.28. The highest BCUT2D eigenvalue weighted by molar-refractivity contribution is 6.24. The van der Waals surface area contributed by atoms with Crippen LogP contribution in [0.5, 0.6) is 0 Å². The Bertz CT molecular complexity index is 765. The molecule has 2 unspecified atom stereocenters. The third kappa shape index (κ3) is 4.65. The van der Waals surface area contributed by atoms with Gasteiger partial charge < -0.3 is 9.64 Å². The molecule has 0 spiro atoms. The van der Waals surface area contributed by atoms with E-state index in [2.05, 4.69) is 0 Å². The van der Waals surface area contributed by atoms with E-state index in [1.54, 1.807) is 25.9 Å². The molecular formula is C23H29NO4. The highest BCUT2D eigenvalue weighted by atomic mass is 16.5. The number of carbonyl (C=O) groups excluding carboxylic acids is 3. The zero-order valence-electron chi connectivity index (χ0n) is 17.3. The first-order valence-electron chi connectivity index (χ1n) is 9.56. The predicted molar refractivity (Wildman–Crippen MR) is 109 cm³/mol. The second-order valence-corrected chi connectivity index (χ2v) is 7.44. The van der Waals surface area contributed by atoms with Gasteiger partial charge in [-0.05, 0) is 46.1 Å². The number of ether oxygens (including phenoxy) is 1. The number of carbonyl (C=O) groups is 3. The minimum absolute atomic E-state index is 0.0288. The van der Waals surface area contributed by atoms with E-state index in [0.717, 1.165) is 6.41 Å². The van der Waals surface area contributed by atoms with Gasteiger partial charge in [0.1, 0.15) is 0 Å². The van der Waals surface area contributed by atoms with Gasteiger partial charge in [0.2, 0.25) is 6.41 Å². The lowest BCUT2D eigenvalue weighted by Crippen LogP contribution is -2.38. The standard InChI is InChI=1S/C15H19NO3.C8H10O/c1-8-5-12-13(6-9(2)16(8)7-17)15(19)11(4)10(3)14(12)18;1-9-7-8-5-3-2-4-6-8/h7-9H,5-6H2,1-4H3;2-6H,7H2,1H3. The maximum absolute atomic E-state index is 12.3. The zero-order chi connectivity index (χ0) is 20.8. The number of amides is 1. The van der Waals surface area contributed by atoms with Crippen LogP contribution in [0.15, 0.2) is 52.6 Å². The van der Waals surface area contributed by atoms with Gasteiger partial charge in [0.25, 0.3) is 0 Å². The van der Waals surface area contributed by atoms with E-state index in [1.807, 2.05) is 44.2 Å². The van der Waals surface area contributed by atoms with Crippen molar-refractivity contribution in [2.45, 2.75) is 59.2 Å². The maximum Gasteiger partial charge on any atom is 0.210 e. The number of Topliss-reactive ketones (excluding diaryl/α,β-unsaturated/α-hetero) is 2. The molecule has 1 amide bonds.